The van der Waals surface area contributed by atoms with E-state index in [1.807, 2.05) is 13.0 Å². The van der Waals surface area contributed by atoms with Crippen LogP contribution in [0, 0.1) is 6.92 Å². The van der Waals surface area contributed by atoms with Gasteiger partial charge in [0.25, 0.3) is 0 Å². The first kappa shape index (κ1) is 16.4. The predicted octanol–water partition coefficient (Wildman–Crippen LogP) is 4.47. The Kier molecular flexibility index (Phi) is 3.82. The number of alkyl halides is 2. The van der Waals surface area contributed by atoms with E-state index < -0.39 is 6.61 Å². The zero-order chi connectivity index (χ0) is 18.4. The summed E-state index contributed by atoms with van der Waals surface area (Å²) in [5.74, 6) is 0.807. The number of nitrogens with one attached hydrogen (secondary N) is 1. The lowest BCUT2D eigenvalue weighted by molar-refractivity contribution is -0.0526. The molecule has 4 rings (SSSR count). The van der Waals surface area contributed by atoms with Crippen LogP contribution < -0.4 is 4.74 Å². The fourth-order valence-corrected chi connectivity index (χ4v) is 3.27. The van der Waals surface area contributed by atoms with Crippen molar-refractivity contribution in [1.29, 1.82) is 0 Å². The molecule has 6 nitrogen and oxygen atoms in total. The number of ether oxygens (including phenoxy) is 1. The summed E-state index contributed by atoms with van der Waals surface area (Å²) in [4.78, 5) is 16.1. The molecule has 0 spiro atoms. The van der Waals surface area contributed by atoms with Gasteiger partial charge in [0, 0.05) is 29.3 Å². The summed E-state index contributed by atoms with van der Waals surface area (Å²) in [6.45, 7) is 3.28. The molecule has 0 amide bonds. The Morgan fingerprint density at radius 1 is 1.19 bits per heavy atom. The fraction of sp³-hybridized carbons (Fsp3) is 0.278. The first-order chi connectivity index (χ1) is 12.4. The molecule has 26 heavy (non-hydrogen) atoms. The molecule has 0 aliphatic heterocycles. The number of aryl methyl sites for hydroxylation is 1. The van der Waals surface area contributed by atoms with Crippen molar-refractivity contribution in [3.63, 3.8) is 0 Å². The van der Waals surface area contributed by atoms with Crippen LogP contribution in [0.1, 0.15) is 25.7 Å². The van der Waals surface area contributed by atoms with Crippen LogP contribution in [-0.2, 0) is 0 Å². The van der Waals surface area contributed by atoms with Crippen molar-refractivity contribution in [2.45, 2.75) is 33.4 Å². The largest absolute Gasteiger partial charge is 0.417 e. The Bertz CT molecular complexity index is 1100. The molecule has 0 bridgehead atoms. The summed E-state index contributed by atoms with van der Waals surface area (Å²) in [6.07, 6.45) is 3.51. The number of fused-ring (bicyclic) bond motifs is 2. The van der Waals surface area contributed by atoms with Crippen LogP contribution in [0.5, 0.6) is 5.88 Å². The van der Waals surface area contributed by atoms with E-state index in [9.17, 15) is 8.78 Å². The van der Waals surface area contributed by atoms with Crippen LogP contribution in [-0.4, -0.2) is 31.1 Å². The Morgan fingerprint density at radius 3 is 2.73 bits per heavy atom. The number of hydrogen-bond acceptors (Lipinski definition) is 4. The van der Waals surface area contributed by atoms with E-state index in [1.165, 1.54) is 6.07 Å². The van der Waals surface area contributed by atoms with Gasteiger partial charge in [0.05, 0.1) is 17.4 Å². The van der Waals surface area contributed by atoms with E-state index in [4.69, 9.17) is 0 Å². The molecule has 134 valence electrons. The molecule has 0 atom stereocenters. The number of aromatic nitrogens is 5. The van der Waals surface area contributed by atoms with Gasteiger partial charge >= 0.3 is 6.61 Å². The standard InChI is InChI=1S/C18H17F2N5O/c1-9(2)25-10(3)23-14-8-21-13(6-15(14)25)12-7-22-17-11(12)4-5-16(24-17)26-18(19)20/h4-9,18H,1-3H3,(H,22,24). The molecular formula is C18H17F2N5O. The zero-order valence-corrected chi connectivity index (χ0v) is 14.5. The van der Waals surface area contributed by atoms with Crippen LogP contribution in [0.2, 0.25) is 0 Å². The number of aromatic amines is 1. The van der Waals surface area contributed by atoms with E-state index >= 15 is 0 Å². The van der Waals surface area contributed by atoms with Crippen molar-refractivity contribution < 1.29 is 13.5 Å². The normalized spacial score (nSPS) is 12.0. The Morgan fingerprint density at radius 2 is 2.00 bits per heavy atom. The third kappa shape index (κ3) is 2.67. The van der Waals surface area contributed by atoms with Gasteiger partial charge in [-0.05, 0) is 32.9 Å². The highest BCUT2D eigenvalue weighted by Gasteiger charge is 2.15. The average molecular weight is 357 g/mol. The van der Waals surface area contributed by atoms with E-state index in [0.717, 1.165) is 33.5 Å². The second kappa shape index (κ2) is 6.05. The number of imidazole rings is 1. The van der Waals surface area contributed by atoms with E-state index in [2.05, 4.69) is 43.1 Å². The Balaban J connectivity index is 1.83. The van der Waals surface area contributed by atoms with Crippen molar-refractivity contribution >= 4 is 22.1 Å². The van der Waals surface area contributed by atoms with Crippen molar-refractivity contribution in [3.05, 3.63) is 36.4 Å². The lowest BCUT2D eigenvalue weighted by atomic mass is 10.1. The first-order valence-corrected chi connectivity index (χ1v) is 8.22. The number of H-pyrrole nitrogens is 1. The summed E-state index contributed by atoms with van der Waals surface area (Å²) in [5, 5.41) is 0.783. The van der Waals surface area contributed by atoms with Gasteiger partial charge in [-0.15, -0.1) is 0 Å². The van der Waals surface area contributed by atoms with Crippen LogP contribution in [0.4, 0.5) is 8.78 Å². The van der Waals surface area contributed by atoms with E-state index in [0.29, 0.717) is 5.65 Å². The molecule has 4 heterocycles. The summed E-state index contributed by atoms with van der Waals surface area (Å²) < 4.78 is 31.2. The minimum atomic E-state index is -2.90. The summed E-state index contributed by atoms with van der Waals surface area (Å²) in [5.41, 5.74) is 3.91. The van der Waals surface area contributed by atoms with E-state index in [1.54, 1.807) is 18.5 Å². The van der Waals surface area contributed by atoms with Gasteiger partial charge in [-0.2, -0.15) is 13.8 Å². The van der Waals surface area contributed by atoms with Crippen molar-refractivity contribution in [2.75, 3.05) is 0 Å². The van der Waals surface area contributed by atoms with Gasteiger partial charge in [0.15, 0.2) is 0 Å². The third-order valence-electron chi connectivity index (χ3n) is 4.27. The molecule has 0 fully saturated rings. The van der Waals surface area contributed by atoms with Crippen molar-refractivity contribution in [3.8, 4) is 17.1 Å². The number of hydrogen-bond donors (Lipinski definition) is 1. The van der Waals surface area contributed by atoms with Gasteiger partial charge < -0.3 is 14.3 Å². The number of pyridine rings is 2. The third-order valence-corrected chi connectivity index (χ3v) is 4.27. The van der Waals surface area contributed by atoms with Crippen LogP contribution >= 0.6 is 0 Å². The van der Waals surface area contributed by atoms with Gasteiger partial charge in [-0.1, -0.05) is 0 Å². The number of rotatable bonds is 4. The summed E-state index contributed by atoms with van der Waals surface area (Å²) >= 11 is 0. The predicted molar refractivity (Wildman–Crippen MR) is 94.4 cm³/mol. The van der Waals surface area contributed by atoms with Gasteiger partial charge in [-0.25, -0.2) is 4.98 Å². The molecule has 0 unspecified atom stereocenters. The summed E-state index contributed by atoms with van der Waals surface area (Å²) in [6, 6.07) is 5.38. The summed E-state index contributed by atoms with van der Waals surface area (Å²) in [7, 11) is 0. The lowest BCUT2D eigenvalue weighted by Crippen LogP contribution is -2.03. The highest BCUT2D eigenvalue weighted by molar-refractivity contribution is 5.94. The number of nitrogens with zero attached hydrogens (tertiary/aromatic N) is 4. The Labute approximate surface area is 147 Å². The molecule has 0 saturated heterocycles. The quantitative estimate of drug-likeness (QED) is 0.585. The molecular weight excluding hydrogens is 340 g/mol. The van der Waals surface area contributed by atoms with Crippen LogP contribution in [0.3, 0.4) is 0 Å². The molecule has 0 aromatic carbocycles. The molecule has 0 aliphatic carbocycles. The number of halogens is 2. The molecule has 8 heteroatoms. The SMILES string of the molecule is Cc1nc2cnc(-c3c[nH]c4nc(OC(F)F)ccc34)cc2n1C(C)C. The maximum Gasteiger partial charge on any atom is 0.388 e. The monoisotopic (exact) mass is 357 g/mol. The average Bonchev–Trinajstić information content (AvgIpc) is 3.12. The molecule has 4 aromatic heterocycles. The molecule has 0 aliphatic rings. The molecule has 4 aromatic rings. The van der Waals surface area contributed by atoms with Crippen LogP contribution in [0.25, 0.3) is 33.3 Å². The zero-order valence-electron chi connectivity index (χ0n) is 14.5. The van der Waals surface area contributed by atoms with Crippen LogP contribution in [0.15, 0.2) is 30.6 Å². The molecule has 0 radical (unpaired) electrons. The lowest BCUT2D eigenvalue weighted by Gasteiger charge is -2.11. The fourth-order valence-electron chi connectivity index (χ4n) is 3.27. The minimum absolute atomic E-state index is 0.127. The highest BCUT2D eigenvalue weighted by atomic mass is 19.3. The smallest absolute Gasteiger partial charge is 0.388 e. The van der Waals surface area contributed by atoms with Crippen molar-refractivity contribution in [1.82, 2.24) is 24.5 Å². The maximum absolute atomic E-state index is 12.4. The molecule has 0 saturated carbocycles. The van der Waals surface area contributed by atoms with Crippen molar-refractivity contribution in [2.24, 2.45) is 0 Å². The molecule has 1 N–H and O–H groups in total. The second-order valence-electron chi connectivity index (χ2n) is 6.31. The highest BCUT2D eigenvalue weighted by Crippen LogP contribution is 2.30. The van der Waals surface area contributed by atoms with Gasteiger partial charge in [-0.3, -0.25) is 4.98 Å². The van der Waals surface area contributed by atoms with E-state index in [-0.39, 0.29) is 11.9 Å². The minimum Gasteiger partial charge on any atom is -0.417 e. The topological polar surface area (TPSA) is 68.6 Å². The van der Waals surface area contributed by atoms with Gasteiger partial charge in [0.1, 0.15) is 17.0 Å². The second-order valence-corrected chi connectivity index (χ2v) is 6.31. The Hall–Kier alpha value is -3.03. The first-order valence-electron chi connectivity index (χ1n) is 8.22. The van der Waals surface area contributed by atoms with Gasteiger partial charge in [0.2, 0.25) is 5.88 Å². The maximum atomic E-state index is 12.4.